The van der Waals surface area contributed by atoms with Crippen molar-refractivity contribution in [1.82, 2.24) is 5.32 Å². The van der Waals surface area contributed by atoms with Crippen molar-refractivity contribution in [3.8, 4) is 5.75 Å². The van der Waals surface area contributed by atoms with Gasteiger partial charge in [0.25, 0.3) is 0 Å². The van der Waals surface area contributed by atoms with Crippen LogP contribution in [0.2, 0.25) is 0 Å². The number of hydrogen-bond donors (Lipinski definition) is 2. The van der Waals surface area contributed by atoms with Gasteiger partial charge in [0.15, 0.2) is 6.61 Å². The Bertz CT molecular complexity index is 921. The number of carbonyl (C=O) groups excluding carboxylic acids is 1. The number of aliphatic hydroxyl groups is 1. The van der Waals surface area contributed by atoms with Gasteiger partial charge in [-0.1, -0.05) is 0 Å². The second-order valence-corrected chi connectivity index (χ2v) is 10.1. The molecule has 33 heavy (non-hydrogen) atoms. The molecule has 0 spiro atoms. The largest absolute Gasteiger partial charge is 0.477 e. The number of amides is 1. The Hall–Kier alpha value is -2.48. The number of halogens is 4. The number of rotatable bonds is 6. The normalized spacial score (nSPS) is 23.6. The molecule has 2 N–H and O–H groups in total. The van der Waals surface area contributed by atoms with Crippen LogP contribution < -0.4 is 10.1 Å². The predicted molar refractivity (Wildman–Crippen MR) is 109 cm³/mol. The number of nitro groups is 1. The summed E-state index contributed by atoms with van der Waals surface area (Å²) in [4.78, 5) is 21.9. The lowest BCUT2D eigenvalue weighted by Gasteiger charge is -2.35. The number of hydrogen-bond acceptors (Lipinski definition) is 7. The number of alkyl halides is 3. The number of benzene rings is 1. The zero-order valence-corrected chi connectivity index (χ0v) is 18.8. The molecular formula is C19H24F4N2O7S. The van der Waals surface area contributed by atoms with Gasteiger partial charge in [-0.15, -0.1) is 0 Å². The molecule has 1 heterocycles. The third kappa shape index (κ3) is 8.11. The number of aliphatic hydroxyl groups excluding tert-OH is 1. The van der Waals surface area contributed by atoms with Crippen molar-refractivity contribution in [2.45, 2.75) is 51.1 Å². The van der Waals surface area contributed by atoms with Gasteiger partial charge in [-0.2, -0.15) is 17.6 Å². The van der Waals surface area contributed by atoms with E-state index in [2.05, 4.69) is 10.1 Å². The summed E-state index contributed by atoms with van der Waals surface area (Å²) >= 11 is 0. The first-order valence-corrected chi connectivity index (χ1v) is 11.2. The lowest BCUT2D eigenvalue weighted by Crippen LogP contribution is -2.55. The number of ether oxygens (including phenoxy) is 2. The van der Waals surface area contributed by atoms with Crippen LogP contribution in [0.1, 0.15) is 26.3 Å². The summed E-state index contributed by atoms with van der Waals surface area (Å²) in [6, 6.07) is 0.676. The van der Waals surface area contributed by atoms with Gasteiger partial charge in [0, 0.05) is 28.2 Å². The van der Waals surface area contributed by atoms with E-state index in [0.717, 1.165) is 12.1 Å². The second-order valence-electron chi connectivity index (χ2n) is 8.57. The minimum atomic E-state index is -4.81. The molecule has 1 aliphatic rings. The van der Waals surface area contributed by atoms with Crippen LogP contribution >= 0.6 is 0 Å². The van der Waals surface area contributed by atoms with Gasteiger partial charge >= 0.3 is 18.0 Å². The molecule has 0 radical (unpaired) electrons. The maximum atomic E-state index is 14.3. The molecule has 2 rings (SSSR count). The number of nitrogens with one attached hydrogen (secondary N) is 1. The van der Waals surface area contributed by atoms with Crippen molar-refractivity contribution < 1.29 is 46.1 Å². The van der Waals surface area contributed by atoms with E-state index in [1.807, 2.05) is 0 Å². The average Bonchev–Trinajstić information content (AvgIpc) is 2.60. The fourth-order valence-electron chi connectivity index (χ4n) is 3.29. The Morgan fingerprint density at radius 3 is 2.48 bits per heavy atom. The number of carbonyl (C=O) groups is 1. The van der Waals surface area contributed by atoms with Crippen molar-refractivity contribution in [2.75, 3.05) is 18.1 Å². The van der Waals surface area contributed by atoms with Crippen LogP contribution in [0.25, 0.3) is 0 Å². The van der Waals surface area contributed by atoms with Crippen LogP contribution in [-0.4, -0.2) is 62.4 Å². The highest BCUT2D eigenvalue weighted by Gasteiger charge is 2.38. The van der Waals surface area contributed by atoms with E-state index < -0.39 is 75.5 Å². The predicted octanol–water partition coefficient (Wildman–Crippen LogP) is 2.85. The Morgan fingerprint density at radius 2 is 1.94 bits per heavy atom. The zero-order valence-electron chi connectivity index (χ0n) is 18.0. The highest BCUT2D eigenvalue weighted by atomic mass is 32.2. The summed E-state index contributed by atoms with van der Waals surface area (Å²) < 4.78 is 73.6. The van der Waals surface area contributed by atoms with Gasteiger partial charge in [-0.05, 0) is 44.9 Å². The molecule has 1 fully saturated rings. The number of alkyl carbamates (subject to hydrolysis) is 1. The minimum Gasteiger partial charge on any atom is -0.477 e. The van der Waals surface area contributed by atoms with Gasteiger partial charge in [0.2, 0.25) is 11.6 Å². The summed E-state index contributed by atoms with van der Waals surface area (Å²) in [7, 11) is -1.48. The van der Waals surface area contributed by atoms with E-state index in [4.69, 9.17) is 4.74 Å². The first-order chi connectivity index (χ1) is 15.1. The van der Waals surface area contributed by atoms with Crippen LogP contribution in [0.4, 0.5) is 28.0 Å². The van der Waals surface area contributed by atoms with Crippen LogP contribution in [0.5, 0.6) is 5.75 Å². The number of nitrogens with zero attached hydrogens (tertiary/aromatic N) is 1. The molecule has 0 bridgehead atoms. The van der Waals surface area contributed by atoms with Gasteiger partial charge in [0.1, 0.15) is 5.60 Å². The Balaban J connectivity index is 2.23. The lowest BCUT2D eigenvalue weighted by atomic mass is 9.91. The van der Waals surface area contributed by atoms with E-state index >= 15 is 0 Å². The molecule has 0 aromatic heterocycles. The molecule has 14 heteroatoms. The summed E-state index contributed by atoms with van der Waals surface area (Å²) in [6.07, 6.45) is -7.07. The molecule has 1 amide bonds. The Labute approximate surface area is 189 Å². The maximum absolute atomic E-state index is 14.3. The van der Waals surface area contributed by atoms with E-state index in [-0.39, 0.29) is 23.5 Å². The van der Waals surface area contributed by atoms with E-state index in [0.29, 0.717) is 0 Å². The monoisotopic (exact) mass is 500 g/mol. The highest BCUT2D eigenvalue weighted by Crippen LogP contribution is 2.34. The van der Waals surface area contributed by atoms with E-state index in [9.17, 15) is 41.8 Å². The van der Waals surface area contributed by atoms with Gasteiger partial charge in [-0.25, -0.2) is 4.79 Å². The minimum absolute atomic E-state index is 0.00533. The summed E-state index contributed by atoms with van der Waals surface area (Å²) in [5, 5.41) is 24.2. The first-order valence-electron chi connectivity index (χ1n) is 9.74. The molecule has 1 aromatic carbocycles. The van der Waals surface area contributed by atoms with Crippen molar-refractivity contribution in [1.29, 1.82) is 0 Å². The Kier molecular flexibility index (Phi) is 8.27. The Morgan fingerprint density at radius 1 is 1.30 bits per heavy atom. The molecule has 0 unspecified atom stereocenters. The molecule has 0 aliphatic carbocycles. The number of nitro benzene ring substituents is 1. The highest BCUT2D eigenvalue weighted by molar-refractivity contribution is 7.85. The van der Waals surface area contributed by atoms with Crippen LogP contribution in [0.15, 0.2) is 12.1 Å². The molecule has 0 saturated carbocycles. The van der Waals surface area contributed by atoms with Crippen LogP contribution in [-0.2, 0) is 22.0 Å². The standard InChI is InChI=1S/C19H24F4N2O7S/c1-18(2,3)32-17(27)24-13-8-33(30)7-11(16(13)26)4-10-5-12(20)15(25(28)29)14(6-10)31-9-19(21,22)23/h5-6,11,13,16,26H,4,7-9H2,1-3H3,(H,24,27)/t11-,13+,16+,33-/m1/s1. The molecule has 1 aromatic rings. The molecular weight excluding hydrogens is 476 g/mol. The third-order valence-corrected chi connectivity index (χ3v) is 6.05. The van der Waals surface area contributed by atoms with E-state index in [1.165, 1.54) is 0 Å². The van der Waals surface area contributed by atoms with Crippen molar-refractivity contribution in [2.24, 2.45) is 5.92 Å². The van der Waals surface area contributed by atoms with E-state index in [1.54, 1.807) is 20.8 Å². The van der Waals surface area contributed by atoms with Crippen molar-refractivity contribution in [3.63, 3.8) is 0 Å². The summed E-state index contributed by atoms with van der Waals surface area (Å²) in [5.74, 6) is -3.22. The molecule has 186 valence electrons. The smallest absolute Gasteiger partial charge is 0.422 e. The van der Waals surface area contributed by atoms with Gasteiger partial charge < -0.3 is 19.9 Å². The zero-order chi connectivity index (χ0) is 25.1. The maximum Gasteiger partial charge on any atom is 0.422 e. The lowest BCUT2D eigenvalue weighted by molar-refractivity contribution is -0.388. The summed E-state index contributed by atoms with van der Waals surface area (Å²) in [5.41, 5.74) is -2.07. The quantitative estimate of drug-likeness (QED) is 0.349. The second kappa shape index (κ2) is 10.2. The fourth-order valence-corrected chi connectivity index (χ4v) is 4.90. The molecule has 9 nitrogen and oxygen atoms in total. The average molecular weight is 500 g/mol. The topological polar surface area (TPSA) is 128 Å². The van der Waals surface area contributed by atoms with Gasteiger partial charge in [-0.3, -0.25) is 14.3 Å². The molecule has 4 atom stereocenters. The SMILES string of the molecule is CC(C)(C)OC(=O)N[C@H]1C[S@](=O)C[C@@H](Cc2cc(F)c([N+](=O)[O-])c(OCC(F)(F)F)c2)[C@@H]1O. The third-order valence-electron chi connectivity index (χ3n) is 4.52. The van der Waals surface area contributed by atoms with Crippen molar-refractivity contribution >= 4 is 22.6 Å². The summed E-state index contributed by atoms with van der Waals surface area (Å²) in [6.45, 7) is 3.03. The molecule has 1 saturated heterocycles. The first kappa shape index (κ1) is 26.8. The molecule has 1 aliphatic heterocycles. The van der Waals surface area contributed by atoms with Crippen molar-refractivity contribution in [3.05, 3.63) is 33.6 Å². The van der Waals surface area contributed by atoms with Gasteiger partial charge in [0.05, 0.1) is 17.1 Å². The van der Waals surface area contributed by atoms with Crippen LogP contribution in [0.3, 0.4) is 0 Å². The fraction of sp³-hybridized carbons (Fsp3) is 0.632. The van der Waals surface area contributed by atoms with Crippen LogP contribution in [0, 0.1) is 21.8 Å².